The van der Waals surface area contributed by atoms with E-state index in [-0.39, 0.29) is 0 Å². The van der Waals surface area contributed by atoms with E-state index in [0.29, 0.717) is 0 Å². The van der Waals surface area contributed by atoms with Crippen LogP contribution in [0.3, 0.4) is 0 Å². The molecule has 1 nitrogen and oxygen atoms in total. The van der Waals surface area contributed by atoms with Crippen molar-refractivity contribution in [1.82, 2.24) is 0 Å². The van der Waals surface area contributed by atoms with E-state index < -0.39 is 0 Å². The second-order valence-corrected chi connectivity index (χ2v) is 2.21. The van der Waals surface area contributed by atoms with E-state index in [2.05, 4.69) is 20.8 Å². The number of rotatable bonds is 1. The summed E-state index contributed by atoms with van der Waals surface area (Å²) >= 11 is 0. The van der Waals surface area contributed by atoms with Crippen LogP contribution >= 0.6 is 0 Å². The van der Waals surface area contributed by atoms with Crippen LogP contribution in [0.15, 0.2) is 0 Å². The van der Waals surface area contributed by atoms with Crippen LogP contribution in [-0.2, 0) is 0 Å². The zero-order valence-corrected chi connectivity index (χ0v) is 6.57. The molecule has 0 aromatic rings. The normalized spacial score (nSPS) is 8.25. The maximum atomic E-state index is 4.85. The average molecular weight is 117 g/mol. The van der Waals surface area contributed by atoms with Gasteiger partial charge in [0.1, 0.15) is 0 Å². The molecule has 2 N–H and O–H groups in total. The highest BCUT2D eigenvalue weighted by Crippen LogP contribution is 1.93. The zero-order chi connectivity index (χ0) is 6.99. The molecule has 0 fully saturated rings. The Labute approximate surface area is 53.3 Å². The fourth-order valence-electron chi connectivity index (χ4n) is 0. The molecular formula is C7H19N. The molecule has 0 aliphatic carbocycles. The van der Waals surface area contributed by atoms with Gasteiger partial charge in [0, 0.05) is 0 Å². The Morgan fingerprint density at radius 2 is 1.38 bits per heavy atom. The van der Waals surface area contributed by atoms with Crippen LogP contribution in [0.1, 0.15) is 34.1 Å². The summed E-state index contributed by atoms with van der Waals surface area (Å²) in [7, 11) is 0. The van der Waals surface area contributed by atoms with Gasteiger partial charge in [-0.05, 0) is 12.5 Å². The predicted octanol–water partition coefficient (Wildman–Crippen LogP) is 2.02. The first kappa shape index (κ1) is 10.9. The Morgan fingerprint density at radius 3 is 1.38 bits per heavy atom. The Bertz CT molecular complexity index is 25.6. The summed E-state index contributed by atoms with van der Waals surface area (Å²) in [4.78, 5) is 0. The number of hydrogen-bond donors (Lipinski definition) is 1. The average Bonchev–Trinajstić information content (AvgIpc) is 1.69. The van der Waals surface area contributed by atoms with Crippen LogP contribution in [-0.4, -0.2) is 6.54 Å². The third-order valence-corrected chi connectivity index (χ3v) is 0.816. The molecule has 0 amide bonds. The first-order valence-electron chi connectivity index (χ1n) is 3.39. The van der Waals surface area contributed by atoms with Crippen molar-refractivity contribution in [3.63, 3.8) is 0 Å². The van der Waals surface area contributed by atoms with Crippen LogP contribution in [0.4, 0.5) is 0 Å². The van der Waals surface area contributed by atoms with Crippen molar-refractivity contribution in [3.8, 4) is 0 Å². The number of hydrogen-bond acceptors (Lipinski definition) is 1. The molecule has 0 saturated carbocycles. The summed E-state index contributed by atoms with van der Waals surface area (Å²) in [5.74, 6) is 0.884. The molecule has 0 saturated heterocycles. The summed E-state index contributed by atoms with van der Waals surface area (Å²) in [6, 6.07) is 0. The van der Waals surface area contributed by atoms with Crippen LogP contribution in [0, 0.1) is 5.92 Å². The first-order chi connectivity index (χ1) is 3.68. The molecule has 0 bridgehead atoms. The quantitative estimate of drug-likeness (QED) is 0.558. The monoisotopic (exact) mass is 117 g/mol. The van der Waals surface area contributed by atoms with E-state index in [0.717, 1.165) is 12.5 Å². The lowest BCUT2D eigenvalue weighted by Gasteiger charge is -1.90. The Kier molecular flexibility index (Phi) is 13.6. The van der Waals surface area contributed by atoms with E-state index in [4.69, 9.17) is 5.73 Å². The maximum absolute atomic E-state index is 4.85. The largest absolute Gasteiger partial charge is 0.331 e. The van der Waals surface area contributed by atoms with Crippen molar-refractivity contribution >= 4 is 0 Å². The number of nitrogens with two attached hydrogens (primary N) is 1. The molecule has 52 valence electrons. The van der Waals surface area contributed by atoms with E-state index in [1.165, 1.54) is 6.42 Å². The minimum Gasteiger partial charge on any atom is -0.331 e. The molecule has 0 rings (SSSR count). The molecular weight excluding hydrogens is 98.1 g/mol. The summed E-state index contributed by atoms with van der Waals surface area (Å²) in [5.41, 5.74) is 4.85. The molecule has 0 heterocycles. The van der Waals surface area contributed by atoms with E-state index in [1.807, 2.05) is 6.92 Å². The van der Waals surface area contributed by atoms with Gasteiger partial charge in [-0.1, -0.05) is 34.1 Å². The minimum atomic E-state index is 0.750. The van der Waals surface area contributed by atoms with Gasteiger partial charge in [0.25, 0.3) is 0 Å². The van der Waals surface area contributed by atoms with Crippen molar-refractivity contribution in [1.29, 1.82) is 0 Å². The Balaban J connectivity index is 0. The standard InChI is InChI=1S/C5H12.C2H7N/c1-4-5(2)3;1-2-3/h5H,4H2,1-3H3;2-3H2,1H3. The molecule has 1 heteroatoms. The maximum Gasteiger partial charge on any atom is -0.0106 e. The van der Waals surface area contributed by atoms with Gasteiger partial charge in [-0.25, -0.2) is 0 Å². The lowest BCUT2D eigenvalue weighted by Crippen LogP contribution is -1.87. The van der Waals surface area contributed by atoms with Gasteiger partial charge >= 0.3 is 0 Å². The Hall–Kier alpha value is -0.0400. The lowest BCUT2D eigenvalue weighted by atomic mass is 10.2. The van der Waals surface area contributed by atoms with Crippen LogP contribution in [0.5, 0.6) is 0 Å². The van der Waals surface area contributed by atoms with Crippen LogP contribution < -0.4 is 5.73 Å². The molecule has 0 aromatic heterocycles. The topological polar surface area (TPSA) is 26.0 Å². The van der Waals surface area contributed by atoms with Gasteiger partial charge in [0.15, 0.2) is 0 Å². The van der Waals surface area contributed by atoms with Crippen molar-refractivity contribution in [2.24, 2.45) is 11.7 Å². The zero-order valence-electron chi connectivity index (χ0n) is 6.57. The third kappa shape index (κ3) is 38.2. The molecule has 0 radical (unpaired) electrons. The van der Waals surface area contributed by atoms with E-state index in [9.17, 15) is 0 Å². The molecule has 0 atom stereocenters. The van der Waals surface area contributed by atoms with E-state index in [1.54, 1.807) is 0 Å². The summed E-state index contributed by atoms with van der Waals surface area (Å²) in [6.45, 7) is 9.30. The van der Waals surface area contributed by atoms with Gasteiger partial charge in [-0.2, -0.15) is 0 Å². The third-order valence-electron chi connectivity index (χ3n) is 0.816. The van der Waals surface area contributed by atoms with Crippen LogP contribution in [0.25, 0.3) is 0 Å². The fourth-order valence-corrected chi connectivity index (χ4v) is 0. The minimum absolute atomic E-state index is 0.750. The highest BCUT2D eigenvalue weighted by Gasteiger charge is 1.80. The molecule has 0 aliphatic rings. The first-order valence-corrected chi connectivity index (χ1v) is 3.39. The van der Waals surface area contributed by atoms with Gasteiger partial charge in [-0.15, -0.1) is 0 Å². The van der Waals surface area contributed by atoms with Crippen LogP contribution in [0.2, 0.25) is 0 Å². The molecule has 0 spiro atoms. The highest BCUT2D eigenvalue weighted by atomic mass is 14.5. The highest BCUT2D eigenvalue weighted by molar-refractivity contribution is 4.32. The summed E-state index contributed by atoms with van der Waals surface area (Å²) < 4.78 is 0. The van der Waals surface area contributed by atoms with Gasteiger partial charge in [0.05, 0.1) is 0 Å². The van der Waals surface area contributed by atoms with Gasteiger partial charge < -0.3 is 5.73 Å². The predicted molar refractivity (Wildman–Crippen MR) is 39.9 cm³/mol. The van der Waals surface area contributed by atoms with Crippen molar-refractivity contribution in [3.05, 3.63) is 0 Å². The van der Waals surface area contributed by atoms with Crippen molar-refractivity contribution < 1.29 is 0 Å². The second kappa shape index (κ2) is 10.0. The van der Waals surface area contributed by atoms with Gasteiger partial charge in [-0.3, -0.25) is 0 Å². The smallest absolute Gasteiger partial charge is 0.0106 e. The molecule has 0 unspecified atom stereocenters. The van der Waals surface area contributed by atoms with E-state index >= 15 is 0 Å². The fraction of sp³-hybridized carbons (Fsp3) is 1.00. The SMILES string of the molecule is CCC(C)C.CCN. The molecule has 8 heavy (non-hydrogen) atoms. The van der Waals surface area contributed by atoms with Crippen molar-refractivity contribution in [2.75, 3.05) is 6.54 Å². The molecule has 0 aromatic carbocycles. The second-order valence-electron chi connectivity index (χ2n) is 2.21. The molecule has 0 aliphatic heterocycles. The van der Waals surface area contributed by atoms with Gasteiger partial charge in [0.2, 0.25) is 0 Å². The lowest BCUT2D eigenvalue weighted by molar-refractivity contribution is 0.626. The van der Waals surface area contributed by atoms with Crippen molar-refractivity contribution in [2.45, 2.75) is 34.1 Å². The Morgan fingerprint density at radius 1 is 1.25 bits per heavy atom. The summed E-state index contributed by atoms with van der Waals surface area (Å²) in [6.07, 6.45) is 1.31. The summed E-state index contributed by atoms with van der Waals surface area (Å²) in [5, 5.41) is 0.